The second-order valence-corrected chi connectivity index (χ2v) is 2.91. The summed E-state index contributed by atoms with van der Waals surface area (Å²) in [4.78, 5) is 9.60. The highest BCUT2D eigenvalue weighted by Crippen LogP contribution is 1.81. The van der Waals surface area contributed by atoms with Crippen LogP contribution in [-0.4, -0.2) is 16.7 Å². The van der Waals surface area contributed by atoms with Crippen LogP contribution in [-0.2, 0) is 4.79 Å². The predicted octanol–water partition coefficient (Wildman–Crippen LogP) is 0.287. The van der Waals surface area contributed by atoms with E-state index in [1.807, 2.05) is 0 Å². The van der Waals surface area contributed by atoms with E-state index in [9.17, 15) is 4.79 Å². The van der Waals surface area contributed by atoms with Gasteiger partial charge >= 0.3 is 5.97 Å². The summed E-state index contributed by atoms with van der Waals surface area (Å²) in [5.41, 5.74) is 9.94. The number of hydrogen-bond donors (Lipinski definition) is 3. The molecular weight excluding hydrogens is 144 g/mol. The molecule has 0 bridgehead atoms. The first-order valence-electron chi connectivity index (χ1n) is 3.11. The molecule has 0 aliphatic rings. The van der Waals surface area contributed by atoms with Crippen LogP contribution in [0.25, 0.3) is 0 Å². The standard InChI is InChI=1S/C4H6O2.C3H10N2/c1-3(2)4(5)6;1-3(2,4)5/h1H2,2H3,(H,5,6);4-5H2,1-2H3. The Balaban J connectivity index is 0. The summed E-state index contributed by atoms with van der Waals surface area (Å²) < 4.78 is 0. The summed E-state index contributed by atoms with van der Waals surface area (Å²) in [7, 11) is 0. The van der Waals surface area contributed by atoms with E-state index in [1.165, 1.54) is 6.92 Å². The first kappa shape index (κ1) is 12.8. The highest BCUT2D eigenvalue weighted by atomic mass is 16.4. The maximum Gasteiger partial charge on any atom is 0.330 e. The van der Waals surface area contributed by atoms with Crippen LogP contribution in [0, 0.1) is 0 Å². The lowest BCUT2D eigenvalue weighted by atomic mass is 10.3. The fraction of sp³-hybridized carbons (Fsp3) is 0.571. The lowest BCUT2D eigenvalue weighted by Gasteiger charge is -2.07. The highest BCUT2D eigenvalue weighted by molar-refractivity contribution is 5.84. The minimum atomic E-state index is -0.935. The van der Waals surface area contributed by atoms with Crippen molar-refractivity contribution in [2.24, 2.45) is 11.5 Å². The van der Waals surface area contributed by atoms with Crippen molar-refractivity contribution in [1.29, 1.82) is 0 Å². The van der Waals surface area contributed by atoms with Gasteiger partial charge in [-0.15, -0.1) is 0 Å². The van der Waals surface area contributed by atoms with E-state index in [4.69, 9.17) is 16.6 Å². The maximum absolute atomic E-state index is 9.60. The van der Waals surface area contributed by atoms with Crippen molar-refractivity contribution in [2.75, 3.05) is 0 Å². The molecule has 66 valence electrons. The first-order chi connectivity index (χ1) is 4.64. The van der Waals surface area contributed by atoms with Gasteiger partial charge in [-0.2, -0.15) is 0 Å². The Labute approximate surface area is 66.9 Å². The van der Waals surface area contributed by atoms with Crippen molar-refractivity contribution < 1.29 is 9.90 Å². The van der Waals surface area contributed by atoms with Crippen LogP contribution in [0.4, 0.5) is 0 Å². The van der Waals surface area contributed by atoms with Crippen LogP contribution < -0.4 is 11.5 Å². The van der Waals surface area contributed by atoms with Crippen molar-refractivity contribution in [2.45, 2.75) is 26.4 Å². The van der Waals surface area contributed by atoms with E-state index in [1.54, 1.807) is 13.8 Å². The molecule has 0 aliphatic carbocycles. The molecule has 11 heavy (non-hydrogen) atoms. The lowest BCUT2D eigenvalue weighted by Crippen LogP contribution is -2.42. The third-order valence-electron chi connectivity index (χ3n) is 0.365. The predicted molar refractivity (Wildman–Crippen MR) is 44.9 cm³/mol. The average molecular weight is 160 g/mol. The topological polar surface area (TPSA) is 89.3 Å². The number of carboxylic acid groups (broad SMARTS) is 1. The van der Waals surface area contributed by atoms with Gasteiger partial charge in [-0.25, -0.2) is 4.79 Å². The number of carboxylic acids is 1. The van der Waals surface area contributed by atoms with Crippen molar-refractivity contribution >= 4 is 5.97 Å². The molecule has 0 atom stereocenters. The molecular formula is C7H16N2O2. The molecule has 0 radical (unpaired) electrons. The van der Waals surface area contributed by atoms with Crippen LogP contribution in [0.5, 0.6) is 0 Å². The normalized spacial score (nSPS) is 9.55. The van der Waals surface area contributed by atoms with Crippen LogP contribution >= 0.6 is 0 Å². The molecule has 0 saturated carbocycles. The van der Waals surface area contributed by atoms with Gasteiger partial charge < -0.3 is 16.6 Å². The quantitative estimate of drug-likeness (QED) is 0.380. The molecule has 0 spiro atoms. The van der Waals surface area contributed by atoms with Gasteiger partial charge in [-0.1, -0.05) is 6.58 Å². The Bertz CT molecular complexity index is 129. The average Bonchev–Trinajstić information content (AvgIpc) is 1.59. The molecule has 4 heteroatoms. The summed E-state index contributed by atoms with van der Waals surface area (Å²) in [5, 5.41) is 7.89. The van der Waals surface area contributed by atoms with Crippen molar-refractivity contribution in [3.05, 3.63) is 12.2 Å². The zero-order valence-electron chi connectivity index (χ0n) is 7.22. The monoisotopic (exact) mass is 160 g/mol. The van der Waals surface area contributed by atoms with Crippen molar-refractivity contribution in [3.63, 3.8) is 0 Å². The summed E-state index contributed by atoms with van der Waals surface area (Å²) in [6, 6.07) is 0. The zero-order valence-corrected chi connectivity index (χ0v) is 7.22. The van der Waals surface area contributed by atoms with E-state index < -0.39 is 11.6 Å². The van der Waals surface area contributed by atoms with Crippen LogP contribution in [0.1, 0.15) is 20.8 Å². The Hall–Kier alpha value is -0.870. The molecule has 0 rings (SSSR count). The molecule has 0 aliphatic heterocycles. The molecule has 4 nitrogen and oxygen atoms in total. The summed E-state index contributed by atoms with van der Waals surface area (Å²) in [5.74, 6) is -0.935. The van der Waals surface area contributed by atoms with Crippen molar-refractivity contribution in [1.82, 2.24) is 0 Å². The Morgan fingerprint density at radius 1 is 1.45 bits per heavy atom. The summed E-state index contributed by atoms with van der Waals surface area (Å²) >= 11 is 0. The van der Waals surface area contributed by atoms with E-state index in [-0.39, 0.29) is 5.57 Å². The SMILES string of the molecule is C=C(C)C(=O)O.CC(C)(N)N. The smallest absolute Gasteiger partial charge is 0.330 e. The molecule has 0 heterocycles. The van der Waals surface area contributed by atoms with E-state index >= 15 is 0 Å². The highest BCUT2D eigenvalue weighted by Gasteiger charge is 1.95. The van der Waals surface area contributed by atoms with E-state index in [0.29, 0.717) is 0 Å². The Kier molecular flexibility index (Phi) is 5.66. The van der Waals surface area contributed by atoms with Crippen LogP contribution in [0.3, 0.4) is 0 Å². The van der Waals surface area contributed by atoms with Gasteiger partial charge in [-0.05, 0) is 20.8 Å². The minimum absolute atomic E-state index is 0.176. The van der Waals surface area contributed by atoms with Gasteiger partial charge in [0, 0.05) is 5.57 Å². The van der Waals surface area contributed by atoms with Crippen LogP contribution in [0.2, 0.25) is 0 Å². The number of hydrogen-bond acceptors (Lipinski definition) is 3. The number of aliphatic carboxylic acids is 1. The molecule has 0 aromatic rings. The Morgan fingerprint density at radius 2 is 1.55 bits per heavy atom. The lowest BCUT2D eigenvalue weighted by molar-refractivity contribution is -0.132. The molecule has 0 saturated heterocycles. The number of rotatable bonds is 1. The van der Waals surface area contributed by atoms with Gasteiger partial charge in [-0.3, -0.25) is 0 Å². The second kappa shape index (κ2) is 4.87. The van der Waals surface area contributed by atoms with E-state index in [0.717, 1.165) is 0 Å². The summed E-state index contributed by atoms with van der Waals surface area (Å²) in [6.45, 7) is 8.09. The molecule has 0 aromatic heterocycles. The third-order valence-corrected chi connectivity index (χ3v) is 0.365. The molecule has 0 fully saturated rings. The molecule has 0 unspecified atom stereocenters. The van der Waals surface area contributed by atoms with Crippen molar-refractivity contribution in [3.8, 4) is 0 Å². The molecule has 0 aromatic carbocycles. The maximum atomic E-state index is 9.60. The van der Waals surface area contributed by atoms with Gasteiger partial charge in [0.2, 0.25) is 0 Å². The van der Waals surface area contributed by atoms with Gasteiger partial charge in [0.15, 0.2) is 0 Å². The minimum Gasteiger partial charge on any atom is -0.478 e. The molecule has 5 N–H and O–H groups in total. The third kappa shape index (κ3) is 47.4. The van der Waals surface area contributed by atoms with Gasteiger partial charge in [0.25, 0.3) is 0 Å². The van der Waals surface area contributed by atoms with E-state index in [2.05, 4.69) is 6.58 Å². The number of carbonyl (C=O) groups is 1. The number of nitrogens with two attached hydrogens (primary N) is 2. The fourth-order valence-corrected chi connectivity index (χ4v) is 0. The second-order valence-electron chi connectivity index (χ2n) is 2.91. The Morgan fingerprint density at radius 3 is 1.55 bits per heavy atom. The van der Waals surface area contributed by atoms with Gasteiger partial charge in [0.1, 0.15) is 0 Å². The van der Waals surface area contributed by atoms with Crippen LogP contribution in [0.15, 0.2) is 12.2 Å². The van der Waals surface area contributed by atoms with Gasteiger partial charge in [0.05, 0.1) is 5.66 Å². The molecule has 0 amide bonds. The first-order valence-corrected chi connectivity index (χ1v) is 3.11. The fourth-order valence-electron chi connectivity index (χ4n) is 0. The zero-order chi connectivity index (χ0) is 9.65. The largest absolute Gasteiger partial charge is 0.478 e. The summed E-state index contributed by atoms with van der Waals surface area (Å²) in [6.07, 6.45) is 0.